The van der Waals surface area contributed by atoms with Crippen molar-refractivity contribution in [2.75, 3.05) is 5.32 Å². The minimum absolute atomic E-state index is 0.173. The van der Waals surface area contributed by atoms with Gasteiger partial charge < -0.3 is 5.32 Å². The van der Waals surface area contributed by atoms with E-state index in [1.165, 1.54) is 11.0 Å². The molecule has 8 heteroatoms. The summed E-state index contributed by atoms with van der Waals surface area (Å²) < 4.78 is 1.48. The highest BCUT2D eigenvalue weighted by atomic mass is 32.1. The number of hydrogen-bond donors (Lipinski definition) is 1. The van der Waals surface area contributed by atoms with E-state index < -0.39 is 6.04 Å². The average Bonchev–Trinajstić information content (AvgIpc) is 3.39. The lowest BCUT2D eigenvalue weighted by Crippen LogP contribution is -2.28. The van der Waals surface area contributed by atoms with E-state index >= 15 is 0 Å². The molecule has 0 fully saturated rings. The van der Waals surface area contributed by atoms with Gasteiger partial charge in [0.1, 0.15) is 12.4 Å². The van der Waals surface area contributed by atoms with E-state index in [2.05, 4.69) is 25.8 Å². The van der Waals surface area contributed by atoms with Crippen LogP contribution < -0.4 is 5.32 Å². The van der Waals surface area contributed by atoms with Gasteiger partial charge in [0.05, 0.1) is 10.7 Å². The van der Waals surface area contributed by atoms with Gasteiger partial charge >= 0.3 is 0 Å². The first kappa shape index (κ1) is 18.0. The Bertz CT molecular complexity index is 1040. The van der Waals surface area contributed by atoms with Crippen LogP contribution in [0.25, 0.3) is 11.3 Å². The molecule has 0 saturated carbocycles. The number of amides is 1. The molecule has 0 aliphatic carbocycles. The number of nitrogens with zero attached hydrogens (tertiary/aromatic N) is 5. The zero-order valence-corrected chi connectivity index (χ0v) is 16.0. The van der Waals surface area contributed by atoms with Gasteiger partial charge in [0.25, 0.3) is 0 Å². The first-order valence-corrected chi connectivity index (χ1v) is 9.67. The quantitative estimate of drug-likeness (QED) is 0.544. The second-order valence-electron chi connectivity index (χ2n) is 6.31. The summed E-state index contributed by atoms with van der Waals surface area (Å²) in [4.78, 5) is 17.4. The third kappa shape index (κ3) is 4.12. The van der Waals surface area contributed by atoms with Crippen molar-refractivity contribution in [2.45, 2.75) is 19.4 Å². The smallest absolute Gasteiger partial charge is 0.249 e. The number of aryl methyl sites for hydroxylation is 1. The predicted octanol–water partition coefficient (Wildman–Crippen LogP) is 3.53. The number of thiazole rings is 1. The molecule has 2 aromatic carbocycles. The van der Waals surface area contributed by atoms with Crippen LogP contribution in [0.2, 0.25) is 0 Å². The van der Waals surface area contributed by atoms with Crippen molar-refractivity contribution in [3.8, 4) is 11.3 Å². The maximum absolute atomic E-state index is 12.9. The Hall–Kier alpha value is -3.39. The zero-order chi connectivity index (χ0) is 19.3. The van der Waals surface area contributed by atoms with Crippen LogP contribution in [0.4, 0.5) is 5.69 Å². The fourth-order valence-corrected chi connectivity index (χ4v) is 3.52. The largest absolute Gasteiger partial charge is 0.324 e. The highest BCUT2D eigenvalue weighted by Gasteiger charge is 2.22. The Morgan fingerprint density at radius 1 is 1.14 bits per heavy atom. The summed E-state index contributed by atoms with van der Waals surface area (Å²) in [7, 11) is 0. The van der Waals surface area contributed by atoms with E-state index in [1.807, 2.05) is 66.9 Å². The highest BCUT2D eigenvalue weighted by Crippen LogP contribution is 2.24. The fraction of sp³-hybridized carbons (Fsp3) is 0.150. The van der Waals surface area contributed by atoms with E-state index in [1.54, 1.807) is 11.3 Å². The maximum atomic E-state index is 12.9. The van der Waals surface area contributed by atoms with Crippen LogP contribution in [0.15, 0.2) is 66.3 Å². The summed E-state index contributed by atoms with van der Waals surface area (Å²) in [6.07, 6.45) is 1.95. The number of benzene rings is 2. The number of aromatic nitrogens is 5. The SMILES string of the molecule is Cc1nc(-c2ccc(NC(=O)[C@@H](Cc3ccccc3)n3cnnn3)cc2)cs1. The third-order valence-electron chi connectivity index (χ3n) is 4.33. The summed E-state index contributed by atoms with van der Waals surface area (Å²) in [5, 5.41) is 17.3. The van der Waals surface area contributed by atoms with E-state index in [-0.39, 0.29) is 5.91 Å². The number of carbonyl (C=O) groups is 1. The number of tetrazole rings is 1. The summed E-state index contributed by atoms with van der Waals surface area (Å²) in [5.41, 5.74) is 3.71. The third-order valence-corrected chi connectivity index (χ3v) is 5.10. The molecule has 4 rings (SSSR count). The topological polar surface area (TPSA) is 85.6 Å². The molecule has 1 atom stereocenters. The molecular formula is C20H18N6OS. The van der Waals surface area contributed by atoms with Gasteiger partial charge in [-0.15, -0.1) is 16.4 Å². The minimum Gasteiger partial charge on any atom is -0.324 e. The molecule has 0 spiro atoms. The lowest BCUT2D eigenvalue weighted by atomic mass is 10.1. The molecule has 0 unspecified atom stereocenters. The van der Waals surface area contributed by atoms with Crippen molar-refractivity contribution in [1.29, 1.82) is 0 Å². The van der Waals surface area contributed by atoms with Crippen LogP contribution in [0.3, 0.4) is 0 Å². The van der Waals surface area contributed by atoms with Crippen molar-refractivity contribution < 1.29 is 4.79 Å². The van der Waals surface area contributed by atoms with Crippen LogP contribution >= 0.6 is 11.3 Å². The summed E-state index contributed by atoms with van der Waals surface area (Å²) in [6, 6.07) is 16.9. The van der Waals surface area contributed by atoms with E-state index in [9.17, 15) is 4.79 Å². The number of hydrogen-bond acceptors (Lipinski definition) is 6. The summed E-state index contributed by atoms with van der Waals surface area (Å²) >= 11 is 1.61. The van der Waals surface area contributed by atoms with E-state index in [4.69, 9.17) is 0 Å². The molecule has 4 aromatic rings. The van der Waals surface area contributed by atoms with Crippen molar-refractivity contribution in [1.82, 2.24) is 25.2 Å². The van der Waals surface area contributed by atoms with E-state index in [0.29, 0.717) is 12.1 Å². The van der Waals surface area contributed by atoms with Crippen LogP contribution in [0.5, 0.6) is 0 Å². The zero-order valence-electron chi connectivity index (χ0n) is 15.2. The number of anilines is 1. The molecule has 2 aromatic heterocycles. The van der Waals surface area contributed by atoms with Gasteiger partial charge in [0.15, 0.2) is 0 Å². The Balaban J connectivity index is 1.51. The molecule has 1 N–H and O–H groups in total. The second-order valence-corrected chi connectivity index (χ2v) is 7.38. The molecule has 0 radical (unpaired) electrons. The van der Waals surface area contributed by atoms with Crippen molar-refractivity contribution >= 4 is 22.9 Å². The molecule has 140 valence electrons. The number of nitrogens with one attached hydrogen (secondary N) is 1. The van der Waals surface area contributed by atoms with Gasteiger partial charge in [-0.3, -0.25) is 4.79 Å². The molecule has 0 bridgehead atoms. The van der Waals surface area contributed by atoms with Gasteiger partial charge in [-0.05, 0) is 35.0 Å². The van der Waals surface area contributed by atoms with Crippen molar-refractivity contribution in [2.24, 2.45) is 0 Å². The molecule has 28 heavy (non-hydrogen) atoms. The molecular weight excluding hydrogens is 372 g/mol. The van der Waals surface area contributed by atoms with E-state index in [0.717, 1.165) is 21.8 Å². The second kappa shape index (κ2) is 8.10. The first-order chi connectivity index (χ1) is 13.7. The Morgan fingerprint density at radius 3 is 2.57 bits per heavy atom. The molecule has 2 heterocycles. The van der Waals surface area contributed by atoms with Gasteiger partial charge in [0, 0.05) is 23.1 Å². The standard InChI is InChI=1S/C20H18N6OS/c1-14-22-18(12-28-14)16-7-9-17(10-8-16)23-20(27)19(26-13-21-24-25-26)11-15-5-3-2-4-6-15/h2-10,12-13,19H,11H2,1H3,(H,23,27)/t19-/m1/s1. The molecule has 7 nitrogen and oxygen atoms in total. The molecule has 0 aliphatic heterocycles. The van der Waals surface area contributed by atoms with Gasteiger partial charge in [-0.1, -0.05) is 42.5 Å². The average molecular weight is 390 g/mol. The lowest BCUT2D eigenvalue weighted by molar-refractivity contribution is -0.119. The van der Waals surface area contributed by atoms with Crippen LogP contribution in [0, 0.1) is 6.92 Å². The number of carbonyl (C=O) groups excluding carboxylic acids is 1. The molecule has 0 saturated heterocycles. The monoisotopic (exact) mass is 390 g/mol. The van der Waals surface area contributed by atoms with Crippen molar-refractivity contribution in [3.63, 3.8) is 0 Å². The van der Waals surface area contributed by atoms with Crippen molar-refractivity contribution in [3.05, 3.63) is 76.9 Å². The first-order valence-electron chi connectivity index (χ1n) is 8.79. The maximum Gasteiger partial charge on any atom is 0.249 e. The predicted molar refractivity (Wildman–Crippen MR) is 108 cm³/mol. The van der Waals surface area contributed by atoms with Gasteiger partial charge in [-0.2, -0.15) is 0 Å². The number of rotatable bonds is 6. The Morgan fingerprint density at radius 2 is 1.93 bits per heavy atom. The summed E-state index contributed by atoms with van der Waals surface area (Å²) in [5.74, 6) is -0.173. The minimum atomic E-state index is -0.543. The van der Waals surface area contributed by atoms with Gasteiger partial charge in [-0.25, -0.2) is 9.67 Å². The van der Waals surface area contributed by atoms with Crippen LogP contribution in [-0.4, -0.2) is 31.1 Å². The Labute approximate surface area is 166 Å². The Kier molecular flexibility index (Phi) is 5.20. The normalized spacial score (nSPS) is 11.9. The molecule has 0 aliphatic rings. The van der Waals surface area contributed by atoms with Crippen LogP contribution in [-0.2, 0) is 11.2 Å². The van der Waals surface area contributed by atoms with Gasteiger partial charge in [0.2, 0.25) is 5.91 Å². The van der Waals surface area contributed by atoms with Crippen LogP contribution in [0.1, 0.15) is 16.6 Å². The fourth-order valence-electron chi connectivity index (χ4n) is 2.90. The molecule has 1 amide bonds. The lowest BCUT2D eigenvalue weighted by Gasteiger charge is -2.16. The summed E-state index contributed by atoms with van der Waals surface area (Å²) in [6.45, 7) is 1.98. The highest BCUT2D eigenvalue weighted by molar-refractivity contribution is 7.09.